The third kappa shape index (κ3) is 3.45. The number of sulfone groups is 1. The molecule has 118 valence electrons. The Morgan fingerprint density at radius 2 is 1.76 bits per heavy atom. The summed E-state index contributed by atoms with van der Waals surface area (Å²) in [7, 11) is -5.60. The van der Waals surface area contributed by atoms with E-state index >= 15 is 0 Å². The van der Waals surface area contributed by atoms with E-state index in [1.807, 2.05) is 0 Å². The summed E-state index contributed by atoms with van der Waals surface area (Å²) in [6, 6.07) is 5.86. The van der Waals surface area contributed by atoms with E-state index in [0.29, 0.717) is 13.1 Å². The van der Waals surface area contributed by atoms with Gasteiger partial charge in [-0.1, -0.05) is 12.1 Å². The van der Waals surface area contributed by atoms with Crippen LogP contribution in [0.4, 0.5) is 0 Å². The van der Waals surface area contributed by atoms with Gasteiger partial charge in [0.25, 0.3) is 0 Å². The highest BCUT2D eigenvalue weighted by Gasteiger charge is 2.32. The molecule has 1 aliphatic rings. The van der Waals surface area contributed by atoms with Gasteiger partial charge in [-0.15, -0.1) is 0 Å². The van der Waals surface area contributed by atoms with Gasteiger partial charge in [0.2, 0.25) is 10.0 Å². The first-order chi connectivity index (χ1) is 9.76. The van der Waals surface area contributed by atoms with Crippen LogP contribution in [-0.4, -0.2) is 53.6 Å². The van der Waals surface area contributed by atoms with Crippen LogP contribution >= 0.6 is 0 Å². The SMILES string of the molecule is CNC1CCCN(S(=O)(=O)c2ccccc2S(C)(=O)=O)C1. The second-order valence-electron chi connectivity index (χ2n) is 5.21. The number of benzene rings is 1. The number of likely N-dealkylation sites (N-methyl/N-ethyl adjacent to an activating group) is 1. The lowest BCUT2D eigenvalue weighted by molar-refractivity contribution is 0.292. The summed E-state index contributed by atoms with van der Waals surface area (Å²) in [6.45, 7) is 0.773. The van der Waals surface area contributed by atoms with Crippen molar-refractivity contribution in [3.05, 3.63) is 24.3 Å². The predicted octanol–water partition coefficient (Wildman–Crippen LogP) is 0.463. The van der Waals surface area contributed by atoms with Gasteiger partial charge in [0.1, 0.15) is 4.90 Å². The number of nitrogens with zero attached hydrogens (tertiary/aromatic N) is 1. The van der Waals surface area contributed by atoms with E-state index in [0.717, 1.165) is 19.1 Å². The zero-order valence-corrected chi connectivity index (χ0v) is 13.7. The van der Waals surface area contributed by atoms with E-state index in [1.54, 1.807) is 13.1 Å². The lowest BCUT2D eigenvalue weighted by Crippen LogP contribution is -2.47. The Bertz CT molecular complexity index is 713. The first kappa shape index (κ1) is 16.4. The lowest BCUT2D eigenvalue weighted by Gasteiger charge is -2.32. The van der Waals surface area contributed by atoms with Crippen molar-refractivity contribution in [2.75, 3.05) is 26.4 Å². The quantitative estimate of drug-likeness (QED) is 0.866. The highest BCUT2D eigenvalue weighted by molar-refractivity contribution is 7.93. The van der Waals surface area contributed by atoms with Crippen LogP contribution in [0.2, 0.25) is 0 Å². The maximum Gasteiger partial charge on any atom is 0.244 e. The van der Waals surface area contributed by atoms with Crippen LogP contribution in [0.3, 0.4) is 0 Å². The summed E-state index contributed by atoms with van der Waals surface area (Å²) < 4.78 is 50.5. The van der Waals surface area contributed by atoms with E-state index in [4.69, 9.17) is 0 Å². The van der Waals surface area contributed by atoms with Crippen LogP contribution in [0.25, 0.3) is 0 Å². The fraction of sp³-hybridized carbons (Fsp3) is 0.538. The van der Waals surface area contributed by atoms with Crippen LogP contribution in [0.5, 0.6) is 0 Å². The summed E-state index contributed by atoms with van der Waals surface area (Å²) in [5.74, 6) is 0. The normalized spacial score (nSPS) is 21.3. The minimum Gasteiger partial charge on any atom is -0.316 e. The van der Waals surface area contributed by atoms with Crippen molar-refractivity contribution in [2.24, 2.45) is 0 Å². The number of sulfonamides is 1. The highest BCUT2D eigenvalue weighted by Crippen LogP contribution is 2.26. The molecule has 0 radical (unpaired) electrons. The van der Waals surface area contributed by atoms with Gasteiger partial charge < -0.3 is 5.32 Å². The molecule has 0 bridgehead atoms. The standard InChI is InChI=1S/C13H20N2O4S2/c1-14-11-6-5-9-15(10-11)21(18,19)13-8-4-3-7-12(13)20(2,16)17/h3-4,7-8,11,14H,5-6,9-10H2,1-2H3. The zero-order valence-electron chi connectivity index (χ0n) is 12.1. The number of hydrogen-bond acceptors (Lipinski definition) is 5. The molecule has 21 heavy (non-hydrogen) atoms. The first-order valence-electron chi connectivity index (χ1n) is 6.73. The van der Waals surface area contributed by atoms with Crippen molar-refractivity contribution in [1.29, 1.82) is 0 Å². The van der Waals surface area contributed by atoms with Crippen LogP contribution in [0.1, 0.15) is 12.8 Å². The van der Waals surface area contributed by atoms with Gasteiger partial charge in [-0.05, 0) is 32.0 Å². The Hall–Kier alpha value is -0.960. The van der Waals surface area contributed by atoms with E-state index in [1.165, 1.54) is 22.5 Å². The van der Waals surface area contributed by atoms with Crippen molar-refractivity contribution in [3.8, 4) is 0 Å². The van der Waals surface area contributed by atoms with Gasteiger partial charge >= 0.3 is 0 Å². The molecule has 8 heteroatoms. The largest absolute Gasteiger partial charge is 0.316 e. The fourth-order valence-electron chi connectivity index (χ4n) is 2.51. The van der Waals surface area contributed by atoms with Gasteiger partial charge in [0.15, 0.2) is 9.84 Å². The summed E-state index contributed by atoms with van der Waals surface area (Å²) in [5, 5.41) is 3.08. The van der Waals surface area contributed by atoms with Crippen LogP contribution in [0, 0.1) is 0 Å². The minimum atomic E-state index is -3.80. The van der Waals surface area contributed by atoms with Gasteiger partial charge in [-0.25, -0.2) is 16.8 Å². The molecule has 6 nitrogen and oxygen atoms in total. The fourth-order valence-corrected chi connectivity index (χ4v) is 5.63. The molecule has 0 saturated carbocycles. The Morgan fingerprint density at radius 1 is 1.14 bits per heavy atom. The number of nitrogens with one attached hydrogen (secondary N) is 1. The van der Waals surface area contributed by atoms with E-state index in [2.05, 4.69) is 5.32 Å². The molecule has 1 heterocycles. The molecule has 0 spiro atoms. The second kappa shape index (κ2) is 6.04. The Labute approximate surface area is 126 Å². The van der Waals surface area contributed by atoms with Crippen LogP contribution in [-0.2, 0) is 19.9 Å². The van der Waals surface area contributed by atoms with Crippen molar-refractivity contribution >= 4 is 19.9 Å². The molecule has 1 aromatic carbocycles. The molecule has 0 aromatic heterocycles. The molecule has 1 unspecified atom stereocenters. The van der Waals surface area contributed by atoms with Crippen molar-refractivity contribution in [3.63, 3.8) is 0 Å². The first-order valence-corrected chi connectivity index (χ1v) is 10.1. The summed E-state index contributed by atoms with van der Waals surface area (Å²) in [5.41, 5.74) is 0. The Morgan fingerprint density at radius 3 is 2.33 bits per heavy atom. The number of piperidine rings is 1. The van der Waals surface area contributed by atoms with Crippen molar-refractivity contribution in [2.45, 2.75) is 28.7 Å². The molecule has 0 aliphatic carbocycles. The number of hydrogen-bond donors (Lipinski definition) is 1. The minimum absolute atomic E-state index is 0.0962. The lowest BCUT2D eigenvalue weighted by atomic mass is 10.1. The number of rotatable bonds is 4. The van der Waals surface area contributed by atoms with Gasteiger partial charge in [-0.2, -0.15) is 4.31 Å². The highest BCUT2D eigenvalue weighted by atomic mass is 32.2. The maximum absolute atomic E-state index is 12.7. The van der Waals surface area contributed by atoms with E-state index in [-0.39, 0.29) is 15.8 Å². The second-order valence-corrected chi connectivity index (χ2v) is 9.10. The zero-order chi connectivity index (χ0) is 15.7. The van der Waals surface area contributed by atoms with E-state index in [9.17, 15) is 16.8 Å². The van der Waals surface area contributed by atoms with Gasteiger partial charge in [0.05, 0.1) is 4.90 Å². The average Bonchev–Trinajstić information content (AvgIpc) is 2.46. The third-order valence-electron chi connectivity index (χ3n) is 3.66. The smallest absolute Gasteiger partial charge is 0.244 e. The molecule has 1 N–H and O–H groups in total. The molecule has 1 aromatic rings. The molecule has 1 fully saturated rings. The molecule has 0 amide bonds. The summed E-state index contributed by atoms with van der Waals surface area (Å²) >= 11 is 0. The summed E-state index contributed by atoms with van der Waals surface area (Å²) in [4.78, 5) is -0.277. The molecule has 1 aliphatic heterocycles. The molecular weight excluding hydrogens is 312 g/mol. The Balaban J connectivity index is 2.46. The topological polar surface area (TPSA) is 83.6 Å². The monoisotopic (exact) mass is 332 g/mol. The summed E-state index contributed by atoms with van der Waals surface area (Å²) in [6.07, 6.45) is 2.69. The molecule has 1 saturated heterocycles. The van der Waals surface area contributed by atoms with Gasteiger partial charge in [-0.3, -0.25) is 0 Å². The van der Waals surface area contributed by atoms with Crippen LogP contribution in [0.15, 0.2) is 34.1 Å². The van der Waals surface area contributed by atoms with Gasteiger partial charge in [0, 0.05) is 25.4 Å². The molecular formula is C13H20N2O4S2. The predicted molar refractivity (Wildman–Crippen MR) is 80.4 cm³/mol. The third-order valence-corrected chi connectivity index (χ3v) is 6.87. The molecule has 2 rings (SSSR count). The van der Waals surface area contributed by atoms with E-state index < -0.39 is 19.9 Å². The Kier molecular flexibility index (Phi) is 4.72. The molecule has 1 atom stereocenters. The maximum atomic E-state index is 12.7. The van der Waals surface area contributed by atoms with Crippen molar-refractivity contribution in [1.82, 2.24) is 9.62 Å². The van der Waals surface area contributed by atoms with Crippen LogP contribution < -0.4 is 5.32 Å². The average molecular weight is 332 g/mol. The van der Waals surface area contributed by atoms with Crippen molar-refractivity contribution < 1.29 is 16.8 Å².